The summed E-state index contributed by atoms with van der Waals surface area (Å²) >= 11 is 0. The summed E-state index contributed by atoms with van der Waals surface area (Å²) in [5.74, 6) is -0.222. The second kappa shape index (κ2) is 7.45. The van der Waals surface area contributed by atoms with Gasteiger partial charge in [0.1, 0.15) is 0 Å². The minimum Gasteiger partial charge on any atom is -0.481 e. The van der Waals surface area contributed by atoms with E-state index in [2.05, 4.69) is 29.2 Å². The minimum absolute atomic E-state index is 0.360. The van der Waals surface area contributed by atoms with Gasteiger partial charge in [-0.15, -0.1) is 0 Å². The van der Waals surface area contributed by atoms with E-state index in [-0.39, 0.29) is 0 Å². The summed E-state index contributed by atoms with van der Waals surface area (Å²) < 4.78 is 5.72. The van der Waals surface area contributed by atoms with Crippen molar-refractivity contribution < 1.29 is 14.6 Å². The maximum absolute atomic E-state index is 11.6. The summed E-state index contributed by atoms with van der Waals surface area (Å²) in [5, 5.41) is 9.59. The summed E-state index contributed by atoms with van der Waals surface area (Å²) in [7, 11) is 0. The third kappa shape index (κ3) is 3.75. The number of likely N-dealkylation sites (tertiary alicyclic amines) is 1. The number of carboxylic acid groups (broad SMARTS) is 1. The molecular formula is C19H27NO3. The highest BCUT2D eigenvalue weighted by Gasteiger charge is 2.54. The van der Waals surface area contributed by atoms with Crippen LogP contribution in [0.25, 0.3) is 0 Å². The minimum atomic E-state index is -0.582. The van der Waals surface area contributed by atoms with Crippen LogP contribution in [0.2, 0.25) is 0 Å². The Kier molecular flexibility index (Phi) is 5.34. The van der Waals surface area contributed by atoms with E-state index in [1.807, 2.05) is 6.07 Å². The zero-order valence-corrected chi connectivity index (χ0v) is 13.7. The second-order valence-corrected chi connectivity index (χ2v) is 6.99. The molecule has 126 valence electrons. The van der Waals surface area contributed by atoms with Gasteiger partial charge >= 0.3 is 5.97 Å². The van der Waals surface area contributed by atoms with E-state index < -0.39 is 11.4 Å². The van der Waals surface area contributed by atoms with Crippen LogP contribution in [0, 0.1) is 11.3 Å². The highest BCUT2D eigenvalue weighted by Crippen LogP contribution is 2.48. The van der Waals surface area contributed by atoms with Crippen LogP contribution < -0.4 is 0 Å². The summed E-state index contributed by atoms with van der Waals surface area (Å²) in [4.78, 5) is 14.0. The van der Waals surface area contributed by atoms with E-state index in [1.54, 1.807) is 0 Å². The molecule has 2 atom stereocenters. The summed E-state index contributed by atoms with van der Waals surface area (Å²) in [6.45, 7) is 4.16. The van der Waals surface area contributed by atoms with Crippen LogP contribution in [-0.4, -0.2) is 48.8 Å². The smallest absolute Gasteiger partial charge is 0.311 e. The Morgan fingerprint density at radius 2 is 2.13 bits per heavy atom. The second-order valence-electron chi connectivity index (χ2n) is 6.99. The lowest BCUT2D eigenvalue weighted by molar-refractivity contribution is -0.149. The predicted molar refractivity (Wildman–Crippen MR) is 89.4 cm³/mol. The molecule has 0 bridgehead atoms. The normalized spacial score (nSPS) is 27.2. The number of hydrogen-bond donors (Lipinski definition) is 1. The van der Waals surface area contributed by atoms with Gasteiger partial charge in [-0.25, -0.2) is 0 Å². The van der Waals surface area contributed by atoms with Crippen molar-refractivity contribution in [1.82, 2.24) is 4.90 Å². The highest BCUT2D eigenvalue weighted by molar-refractivity contribution is 5.76. The summed E-state index contributed by atoms with van der Waals surface area (Å²) in [6, 6.07) is 10.4. The zero-order chi connectivity index (χ0) is 16.1. The van der Waals surface area contributed by atoms with Crippen LogP contribution in [0.4, 0.5) is 0 Å². The van der Waals surface area contributed by atoms with E-state index in [0.29, 0.717) is 5.92 Å². The molecule has 0 radical (unpaired) electrons. The van der Waals surface area contributed by atoms with Crippen molar-refractivity contribution in [2.75, 3.05) is 32.8 Å². The topological polar surface area (TPSA) is 49.8 Å². The van der Waals surface area contributed by atoms with Crippen LogP contribution in [0.5, 0.6) is 0 Å². The Balaban J connectivity index is 1.32. The first-order valence-electron chi connectivity index (χ1n) is 8.78. The van der Waals surface area contributed by atoms with Crippen molar-refractivity contribution in [2.24, 2.45) is 11.3 Å². The third-order valence-corrected chi connectivity index (χ3v) is 5.51. The van der Waals surface area contributed by atoms with Crippen molar-refractivity contribution in [2.45, 2.75) is 32.1 Å². The highest BCUT2D eigenvalue weighted by atomic mass is 16.5. The van der Waals surface area contributed by atoms with Crippen molar-refractivity contribution in [3.63, 3.8) is 0 Å². The molecule has 1 aromatic carbocycles. The number of carbonyl (C=O) groups is 1. The number of nitrogens with zero attached hydrogens (tertiary/aromatic N) is 1. The fourth-order valence-electron chi connectivity index (χ4n) is 4.24. The maximum atomic E-state index is 11.6. The fraction of sp³-hybridized carbons (Fsp3) is 0.632. The van der Waals surface area contributed by atoms with Gasteiger partial charge in [0.2, 0.25) is 0 Å². The molecule has 1 aromatic rings. The van der Waals surface area contributed by atoms with Gasteiger partial charge in [-0.1, -0.05) is 36.8 Å². The number of fused-ring (bicyclic) bond motifs is 1. The Morgan fingerprint density at radius 3 is 2.87 bits per heavy atom. The molecule has 0 amide bonds. The molecule has 1 aliphatic carbocycles. The summed E-state index contributed by atoms with van der Waals surface area (Å²) in [6.07, 6.45) is 4.95. The van der Waals surface area contributed by atoms with Crippen LogP contribution >= 0.6 is 0 Å². The van der Waals surface area contributed by atoms with Gasteiger partial charge in [0.15, 0.2) is 0 Å². The Hall–Kier alpha value is -1.39. The van der Waals surface area contributed by atoms with Crippen LogP contribution in [-0.2, 0) is 16.0 Å². The van der Waals surface area contributed by atoms with Crippen LogP contribution in [0.15, 0.2) is 30.3 Å². The number of rotatable bonds is 8. The average molecular weight is 317 g/mol. The maximum Gasteiger partial charge on any atom is 0.311 e. The van der Waals surface area contributed by atoms with Crippen LogP contribution in [0.1, 0.15) is 31.2 Å². The largest absolute Gasteiger partial charge is 0.481 e. The lowest BCUT2D eigenvalue weighted by Gasteiger charge is -2.23. The van der Waals surface area contributed by atoms with Gasteiger partial charge in [0.05, 0.1) is 12.0 Å². The number of hydrogen-bond acceptors (Lipinski definition) is 3. The number of aliphatic carboxylic acids is 1. The molecule has 1 aliphatic heterocycles. The lowest BCUT2D eigenvalue weighted by atomic mass is 9.81. The van der Waals surface area contributed by atoms with Crippen molar-refractivity contribution in [3.05, 3.63) is 35.9 Å². The number of ether oxygens (including phenoxy) is 1. The van der Waals surface area contributed by atoms with Crippen molar-refractivity contribution in [3.8, 4) is 0 Å². The molecule has 23 heavy (non-hydrogen) atoms. The Morgan fingerprint density at radius 1 is 1.30 bits per heavy atom. The van der Waals surface area contributed by atoms with Crippen molar-refractivity contribution in [1.29, 1.82) is 0 Å². The first-order chi connectivity index (χ1) is 11.2. The van der Waals surface area contributed by atoms with Gasteiger partial charge < -0.3 is 14.7 Å². The molecule has 3 rings (SSSR count). The molecule has 4 heteroatoms. The zero-order valence-electron chi connectivity index (χ0n) is 13.7. The van der Waals surface area contributed by atoms with Gasteiger partial charge in [-0.3, -0.25) is 4.79 Å². The molecule has 2 fully saturated rings. The molecule has 1 saturated heterocycles. The fourth-order valence-corrected chi connectivity index (χ4v) is 4.24. The molecule has 0 aromatic heterocycles. The third-order valence-electron chi connectivity index (χ3n) is 5.51. The van der Waals surface area contributed by atoms with Crippen LogP contribution in [0.3, 0.4) is 0 Å². The molecule has 0 unspecified atom stereocenters. The molecule has 2 aliphatic rings. The molecular weight excluding hydrogens is 290 g/mol. The standard InChI is InChI=1S/C19H27NO3/c21-18(22)19-10-4-8-17(19)14-20(15-19)11-5-12-23-13-9-16-6-2-1-3-7-16/h1-3,6-7,17H,4-5,8-15H2,(H,21,22)/t17-,19+/m0/s1. The quantitative estimate of drug-likeness (QED) is 0.749. The van der Waals surface area contributed by atoms with Gasteiger partial charge in [-0.05, 0) is 37.2 Å². The first-order valence-corrected chi connectivity index (χ1v) is 8.78. The van der Waals surface area contributed by atoms with Gasteiger partial charge in [0.25, 0.3) is 0 Å². The molecule has 0 spiro atoms. The monoisotopic (exact) mass is 317 g/mol. The first kappa shape index (κ1) is 16.5. The average Bonchev–Trinajstić information content (AvgIpc) is 3.09. The number of benzene rings is 1. The SMILES string of the molecule is O=C(O)[C@@]12CCC[C@H]1CN(CCCOCCc1ccccc1)C2. The van der Waals surface area contributed by atoms with Crippen molar-refractivity contribution >= 4 is 5.97 Å². The lowest BCUT2D eigenvalue weighted by Crippen LogP contribution is -2.36. The Labute approximate surface area is 138 Å². The Bertz CT molecular complexity index is 519. The van der Waals surface area contributed by atoms with Gasteiger partial charge in [0, 0.05) is 26.2 Å². The van der Waals surface area contributed by atoms with E-state index >= 15 is 0 Å². The molecule has 1 N–H and O–H groups in total. The van der Waals surface area contributed by atoms with Gasteiger partial charge in [-0.2, -0.15) is 0 Å². The van der Waals surface area contributed by atoms with E-state index in [9.17, 15) is 9.90 Å². The molecule has 1 heterocycles. The molecule has 4 nitrogen and oxygen atoms in total. The van der Waals surface area contributed by atoms with E-state index in [1.165, 1.54) is 5.56 Å². The number of carboxylic acids is 1. The predicted octanol–water partition coefficient (Wildman–Crippen LogP) is 2.82. The van der Waals surface area contributed by atoms with E-state index in [0.717, 1.165) is 65.0 Å². The molecule has 1 saturated carbocycles. The van der Waals surface area contributed by atoms with E-state index in [4.69, 9.17) is 4.74 Å². The summed E-state index contributed by atoms with van der Waals surface area (Å²) in [5.41, 5.74) is 0.858.